The van der Waals surface area contributed by atoms with E-state index in [0.717, 1.165) is 12.8 Å². The smallest absolute Gasteiger partial charge is 0.0623 e. The van der Waals surface area contributed by atoms with Crippen molar-refractivity contribution >= 4 is 50.4 Å². The lowest BCUT2D eigenvalue weighted by Gasteiger charge is -2.32. The Morgan fingerprint density at radius 2 is 1.55 bits per heavy atom. The fourth-order valence-electron chi connectivity index (χ4n) is 9.73. The van der Waals surface area contributed by atoms with Crippen molar-refractivity contribution < 1.29 is 0 Å². The summed E-state index contributed by atoms with van der Waals surface area (Å²) in [5, 5.41) is 3.15. The predicted molar refractivity (Wildman–Crippen MR) is 217 cm³/mol. The first-order chi connectivity index (χ1) is 25.3. The molecule has 6 aliphatic rings. The maximum absolute atomic E-state index is 2.72. The molecule has 248 valence electrons. The van der Waals surface area contributed by atoms with Crippen LogP contribution in [0.2, 0.25) is 0 Å². The van der Waals surface area contributed by atoms with Gasteiger partial charge >= 0.3 is 0 Å². The number of benzene rings is 4. The molecule has 0 fully saturated rings. The van der Waals surface area contributed by atoms with Crippen molar-refractivity contribution in [1.29, 1.82) is 0 Å². The second-order valence-corrected chi connectivity index (χ2v) is 16.1. The van der Waals surface area contributed by atoms with E-state index in [1.54, 1.807) is 11.3 Å². The Morgan fingerprint density at radius 1 is 0.647 bits per heavy atom. The highest BCUT2D eigenvalue weighted by Gasteiger charge is 2.42. The van der Waals surface area contributed by atoms with E-state index < -0.39 is 0 Å². The zero-order valence-corrected chi connectivity index (χ0v) is 29.5. The van der Waals surface area contributed by atoms with Gasteiger partial charge in [-0.05, 0) is 120 Å². The van der Waals surface area contributed by atoms with Crippen LogP contribution in [0.1, 0.15) is 61.1 Å². The van der Waals surface area contributed by atoms with Crippen molar-refractivity contribution in [2.75, 3.05) is 4.90 Å². The summed E-state index contributed by atoms with van der Waals surface area (Å²) in [6.07, 6.45) is 30.9. The minimum absolute atomic E-state index is 0.341. The van der Waals surface area contributed by atoms with Crippen LogP contribution in [0.5, 0.6) is 0 Å². The number of para-hydroxylation sites is 1. The van der Waals surface area contributed by atoms with Crippen LogP contribution in [0.3, 0.4) is 0 Å². The number of anilines is 1. The summed E-state index contributed by atoms with van der Waals surface area (Å²) in [7, 11) is 0. The molecular weight excluding hydrogens is 637 g/mol. The highest BCUT2D eigenvalue weighted by molar-refractivity contribution is 8.00. The van der Waals surface area contributed by atoms with Crippen molar-refractivity contribution in [3.8, 4) is 5.69 Å². The molecule has 0 radical (unpaired) electrons. The number of nitrogens with zero attached hydrogens (tertiary/aromatic N) is 2. The van der Waals surface area contributed by atoms with Crippen LogP contribution >= 0.6 is 11.8 Å². The average Bonchev–Trinajstić information content (AvgIpc) is 3.85. The normalized spacial score (nSPS) is 24.5. The van der Waals surface area contributed by atoms with Gasteiger partial charge in [0.15, 0.2) is 0 Å². The molecule has 4 unspecified atom stereocenters. The molecule has 0 spiro atoms. The molecule has 1 aromatic heterocycles. The van der Waals surface area contributed by atoms with Gasteiger partial charge in [0, 0.05) is 49.8 Å². The van der Waals surface area contributed by atoms with Gasteiger partial charge in [-0.2, -0.15) is 0 Å². The average molecular weight is 677 g/mol. The Morgan fingerprint density at radius 3 is 2.51 bits per heavy atom. The SMILES string of the molecule is C1=CC2Sc3ccc(N4C5=C(CCCC5)C5C=C(c6ccc7c(c6)c6ccccc6n7-c6cccc(C7=CCCC=C7)c6)C=CC54)cc3C2C=C1. The molecule has 2 nitrogen and oxygen atoms in total. The number of fused-ring (bicyclic) bond motifs is 8. The molecule has 3 heterocycles. The lowest BCUT2D eigenvalue weighted by Crippen LogP contribution is -2.33. The molecule has 11 rings (SSSR count). The Kier molecular flexibility index (Phi) is 6.87. The Hall–Kier alpha value is -4.99. The largest absolute Gasteiger partial charge is 0.337 e. The quantitative estimate of drug-likeness (QED) is 0.187. The predicted octanol–water partition coefficient (Wildman–Crippen LogP) is 12.5. The number of thioether (sulfide) groups is 1. The van der Waals surface area contributed by atoms with Gasteiger partial charge < -0.3 is 9.47 Å². The zero-order valence-electron chi connectivity index (χ0n) is 28.7. The van der Waals surface area contributed by atoms with Crippen molar-refractivity contribution in [3.05, 3.63) is 174 Å². The number of aromatic nitrogens is 1. The molecular formula is C48H40N2S. The third kappa shape index (κ3) is 4.71. The molecule has 4 aliphatic carbocycles. The van der Waals surface area contributed by atoms with E-state index in [1.807, 2.05) is 11.8 Å². The van der Waals surface area contributed by atoms with Gasteiger partial charge in [-0.25, -0.2) is 0 Å². The lowest BCUT2D eigenvalue weighted by molar-refractivity contribution is 0.635. The molecule has 2 aliphatic heterocycles. The van der Waals surface area contributed by atoms with Crippen LogP contribution in [0.4, 0.5) is 5.69 Å². The van der Waals surface area contributed by atoms with E-state index in [9.17, 15) is 0 Å². The lowest BCUT2D eigenvalue weighted by atomic mass is 9.82. The summed E-state index contributed by atoms with van der Waals surface area (Å²) >= 11 is 2.02. The van der Waals surface area contributed by atoms with E-state index in [4.69, 9.17) is 0 Å². The molecule has 4 atom stereocenters. The zero-order chi connectivity index (χ0) is 33.5. The summed E-state index contributed by atoms with van der Waals surface area (Å²) in [6, 6.07) is 32.8. The molecule has 3 heteroatoms. The van der Waals surface area contributed by atoms with Crippen molar-refractivity contribution in [3.63, 3.8) is 0 Å². The van der Waals surface area contributed by atoms with Gasteiger partial charge in [0.2, 0.25) is 0 Å². The van der Waals surface area contributed by atoms with Crippen LogP contribution in [-0.4, -0.2) is 15.9 Å². The molecule has 5 aromatic rings. The topological polar surface area (TPSA) is 8.17 Å². The number of hydrogen-bond donors (Lipinski definition) is 0. The summed E-state index contributed by atoms with van der Waals surface area (Å²) in [5.74, 6) is 0.897. The summed E-state index contributed by atoms with van der Waals surface area (Å²) in [6.45, 7) is 0. The van der Waals surface area contributed by atoms with Crippen LogP contribution in [0.15, 0.2) is 162 Å². The first-order valence-electron chi connectivity index (χ1n) is 18.9. The maximum Gasteiger partial charge on any atom is 0.0623 e. The first kappa shape index (κ1) is 29.7. The van der Waals surface area contributed by atoms with Crippen molar-refractivity contribution in [1.82, 2.24) is 4.57 Å². The third-order valence-corrected chi connectivity index (χ3v) is 13.4. The van der Waals surface area contributed by atoms with Crippen LogP contribution < -0.4 is 4.90 Å². The highest BCUT2D eigenvalue weighted by atomic mass is 32.2. The van der Waals surface area contributed by atoms with Crippen molar-refractivity contribution in [2.24, 2.45) is 5.92 Å². The second kappa shape index (κ2) is 11.8. The van der Waals surface area contributed by atoms with Gasteiger partial charge in [-0.3, -0.25) is 0 Å². The standard InChI is InChI=1S/C48H40N2S/c1-2-11-31(12-3-1)32-13-10-14-35(27-32)49-43-18-7-4-15-37(43)40-28-33(21-24-45(40)49)34-22-25-46-41(29-34)38-16-5-8-19-44(38)50(46)36-23-26-48-42(30-36)39-17-6-9-20-47(39)51-48/h2,4,6-7,9-15,17-18,20-30,39,41,46-47H,1,3,5,8,16,19H2. The monoisotopic (exact) mass is 676 g/mol. The van der Waals surface area contributed by atoms with E-state index in [2.05, 4.69) is 155 Å². The minimum atomic E-state index is 0.341. The minimum Gasteiger partial charge on any atom is -0.337 e. The molecule has 4 aromatic carbocycles. The van der Waals surface area contributed by atoms with Gasteiger partial charge in [0.05, 0.1) is 17.1 Å². The summed E-state index contributed by atoms with van der Waals surface area (Å²) in [5.41, 5.74) is 15.1. The highest BCUT2D eigenvalue weighted by Crippen LogP contribution is 2.52. The van der Waals surface area contributed by atoms with Crippen LogP contribution in [-0.2, 0) is 0 Å². The Bertz CT molecular complexity index is 2500. The Balaban J connectivity index is 0.973. The number of rotatable bonds is 4. The summed E-state index contributed by atoms with van der Waals surface area (Å²) in [4.78, 5) is 4.16. The third-order valence-electron chi connectivity index (χ3n) is 12.1. The van der Waals surface area contributed by atoms with Gasteiger partial charge in [-0.15, -0.1) is 11.8 Å². The maximum atomic E-state index is 2.72. The molecule has 0 saturated carbocycles. The number of hydrogen-bond acceptors (Lipinski definition) is 2. The van der Waals surface area contributed by atoms with Gasteiger partial charge in [0.1, 0.15) is 0 Å². The molecule has 0 bridgehead atoms. The van der Waals surface area contributed by atoms with E-state index in [0.29, 0.717) is 23.1 Å². The first-order valence-corrected chi connectivity index (χ1v) is 19.7. The van der Waals surface area contributed by atoms with Gasteiger partial charge in [0.25, 0.3) is 0 Å². The van der Waals surface area contributed by atoms with Crippen LogP contribution in [0, 0.1) is 5.92 Å². The Labute approximate surface area is 304 Å². The van der Waals surface area contributed by atoms with E-state index in [-0.39, 0.29) is 0 Å². The molecule has 0 amide bonds. The molecule has 51 heavy (non-hydrogen) atoms. The van der Waals surface area contributed by atoms with E-state index >= 15 is 0 Å². The van der Waals surface area contributed by atoms with Gasteiger partial charge in [-0.1, -0.05) is 97.2 Å². The van der Waals surface area contributed by atoms with Crippen molar-refractivity contribution in [2.45, 2.75) is 60.6 Å². The fraction of sp³-hybridized carbons (Fsp3) is 0.208. The second-order valence-electron chi connectivity index (χ2n) is 14.9. The fourth-order valence-corrected chi connectivity index (χ4v) is 11.1. The van der Waals surface area contributed by atoms with Crippen LogP contribution in [0.25, 0.3) is 38.6 Å². The molecule has 0 N–H and O–H groups in total. The molecule has 0 saturated heterocycles. The van der Waals surface area contributed by atoms with E-state index in [1.165, 1.54) is 91.6 Å². The number of allylic oxidation sites excluding steroid dienone is 10. The summed E-state index contributed by atoms with van der Waals surface area (Å²) < 4.78 is 2.46.